The summed E-state index contributed by atoms with van der Waals surface area (Å²) in [5.74, 6) is 0.965. The number of anilines is 1. The van der Waals surface area contributed by atoms with Crippen molar-refractivity contribution in [1.82, 2.24) is 20.5 Å². The number of aromatic nitrogens is 1. The third kappa shape index (κ3) is 5.10. The number of amides is 3. The van der Waals surface area contributed by atoms with Crippen LogP contribution in [-0.2, 0) is 16.1 Å². The summed E-state index contributed by atoms with van der Waals surface area (Å²) in [6.45, 7) is 2.27. The number of piperidine rings is 1. The van der Waals surface area contributed by atoms with E-state index in [2.05, 4.69) is 22.5 Å². The predicted molar refractivity (Wildman–Crippen MR) is 153 cm³/mol. The quantitative estimate of drug-likeness (QED) is 0.301. The average molecular weight is 556 g/mol. The maximum absolute atomic E-state index is 13.3. The van der Waals surface area contributed by atoms with E-state index < -0.39 is 6.04 Å². The Kier molecular flexibility index (Phi) is 6.63. The summed E-state index contributed by atoms with van der Waals surface area (Å²) in [4.78, 5) is 46.0. The number of nitrogen functional groups attached to an aromatic ring is 1. The van der Waals surface area contributed by atoms with Crippen molar-refractivity contribution in [3.8, 4) is 11.5 Å². The van der Waals surface area contributed by atoms with Crippen molar-refractivity contribution in [2.24, 2.45) is 5.41 Å². The minimum atomic E-state index is -0.566. The fraction of sp³-hybridized carbons (Fsp3) is 0.267. The van der Waals surface area contributed by atoms with Gasteiger partial charge in [0.25, 0.3) is 5.91 Å². The van der Waals surface area contributed by atoms with Crippen LogP contribution in [-0.4, -0.2) is 46.2 Å². The van der Waals surface area contributed by atoms with E-state index in [1.807, 2.05) is 42.5 Å². The first kappa shape index (κ1) is 25.8. The van der Waals surface area contributed by atoms with Gasteiger partial charge in [0.2, 0.25) is 11.8 Å². The molecule has 40 heavy (non-hydrogen) atoms. The Bertz CT molecular complexity index is 1590. The van der Waals surface area contributed by atoms with Gasteiger partial charge in [-0.1, -0.05) is 25.1 Å². The molecule has 0 unspecified atom stereocenters. The third-order valence-corrected chi connectivity index (χ3v) is 8.84. The molecule has 3 atom stereocenters. The summed E-state index contributed by atoms with van der Waals surface area (Å²) >= 11 is 1.50. The normalized spacial score (nSPS) is 21.1. The zero-order valence-electron chi connectivity index (χ0n) is 21.9. The Labute approximate surface area is 235 Å². The van der Waals surface area contributed by atoms with Crippen LogP contribution in [0.5, 0.6) is 11.5 Å². The fourth-order valence-electron chi connectivity index (χ4n) is 5.43. The molecule has 2 fully saturated rings. The SMILES string of the molecule is C[C@@]12C[C@@H]1N(C(=O)CNC(=O)c1ccc(Oc3ccccc3)cc1)[C@H](C(=O)NCc1cc3ccnc(N)c3s1)C2. The highest BCUT2D eigenvalue weighted by molar-refractivity contribution is 7.19. The number of carbonyl (C=O) groups excluding carboxylic acids is 3. The van der Waals surface area contributed by atoms with Crippen LogP contribution >= 0.6 is 11.3 Å². The van der Waals surface area contributed by atoms with Gasteiger partial charge in [0, 0.05) is 22.7 Å². The van der Waals surface area contributed by atoms with Crippen LogP contribution in [0.3, 0.4) is 0 Å². The zero-order valence-corrected chi connectivity index (χ0v) is 22.7. The lowest BCUT2D eigenvalue weighted by Gasteiger charge is -2.27. The van der Waals surface area contributed by atoms with E-state index in [-0.39, 0.29) is 35.7 Å². The van der Waals surface area contributed by atoms with Gasteiger partial charge < -0.3 is 26.0 Å². The standard InChI is InChI=1S/C30H29N5O4S/c1-30-14-23(29(38)33-16-22-13-19-11-12-32-27(31)26(19)40-22)35(24(30)15-30)25(36)17-34-28(37)18-7-9-21(10-8-18)39-20-5-3-2-4-6-20/h2-13,23-24H,14-17H2,1H3,(H2,31,32)(H,33,38)(H,34,37)/t23-,24-,30+/m0/s1. The Morgan fingerprint density at radius 2 is 1.80 bits per heavy atom. The third-order valence-electron chi connectivity index (χ3n) is 7.67. The molecule has 2 aromatic heterocycles. The summed E-state index contributed by atoms with van der Waals surface area (Å²) in [7, 11) is 0. The van der Waals surface area contributed by atoms with E-state index >= 15 is 0 Å². The molecule has 1 saturated heterocycles. The summed E-state index contributed by atoms with van der Waals surface area (Å²) < 4.78 is 6.66. The molecule has 3 amide bonds. The van der Waals surface area contributed by atoms with Crippen molar-refractivity contribution in [2.75, 3.05) is 12.3 Å². The van der Waals surface area contributed by atoms with Gasteiger partial charge in [0.1, 0.15) is 23.4 Å². The number of ether oxygens (including phenoxy) is 1. The topological polar surface area (TPSA) is 127 Å². The summed E-state index contributed by atoms with van der Waals surface area (Å²) in [6, 6.07) is 19.4. The Morgan fingerprint density at radius 3 is 2.55 bits per heavy atom. The molecule has 0 spiro atoms. The number of benzene rings is 2. The number of pyridine rings is 1. The van der Waals surface area contributed by atoms with Crippen molar-refractivity contribution >= 4 is 45.0 Å². The van der Waals surface area contributed by atoms with Crippen LogP contribution in [0.4, 0.5) is 5.82 Å². The minimum Gasteiger partial charge on any atom is -0.457 e. The van der Waals surface area contributed by atoms with Crippen molar-refractivity contribution < 1.29 is 19.1 Å². The van der Waals surface area contributed by atoms with Crippen LogP contribution in [0, 0.1) is 5.41 Å². The molecule has 4 N–H and O–H groups in total. The van der Waals surface area contributed by atoms with E-state index in [0.717, 1.165) is 21.4 Å². The van der Waals surface area contributed by atoms with Crippen LogP contribution in [0.1, 0.15) is 35.0 Å². The Hall–Kier alpha value is -4.44. The van der Waals surface area contributed by atoms with Crippen molar-refractivity contribution in [2.45, 2.75) is 38.4 Å². The number of hydrogen-bond acceptors (Lipinski definition) is 7. The molecule has 0 bridgehead atoms. The molecule has 6 rings (SSSR count). The number of hydrogen-bond donors (Lipinski definition) is 3. The van der Waals surface area contributed by atoms with Gasteiger partial charge in [-0.15, -0.1) is 11.3 Å². The van der Waals surface area contributed by atoms with Gasteiger partial charge in [-0.05, 0) is 72.2 Å². The monoisotopic (exact) mass is 555 g/mol. The molecule has 3 heterocycles. The molecule has 2 aliphatic rings. The molecule has 0 radical (unpaired) electrons. The largest absolute Gasteiger partial charge is 0.457 e. The number of carbonyl (C=O) groups is 3. The lowest BCUT2D eigenvalue weighted by Crippen LogP contribution is -2.50. The van der Waals surface area contributed by atoms with Crippen molar-refractivity contribution in [1.29, 1.82) is 0 Å². The average Bonchev–Trinajstić information content (AvgIpc) is 3.28. The zero-order chi connectivity index (χ0) is 27.9. The minimum absolute atomic E-state index is 0.0114. The van der Waals surface area contributed by atoms with E-state index in [9.17, 15) is 14.4 Å². The number of para-hydroxylation sites is 1. The smallest absolute Gasteiger partial charge is 0.251 e. The van der Waals surface area contributed by atoms with Gasteiger partial charge in [-0.3, -0.25) is 14.4 Å². The molecule has 1 aliphatic carbocycles. The highest BCUT2D eigenvalue weighted by atomic mass is 32.1. The summed E-state index contributed by atoms with van der Waals surface area (Å²) in [6.07, 6.45) is 3.13. The van der Waals surface area contributed by atoms with E-state index in [1.165, 1.54) is 11.3 Å². The fourth-order valence-corrected chi connectivity index (χ4v) is 6.42. The molecule has 1 aliphatic heterocycles. The van der Waals surface area contributed by atoms with E-state index in [0.29, 0.717) is 35.8 Å². The lowest BCUT2D eigenvalue weighted by atomic mass is 10.0. The number of nitrogens with two attached hydrogens (primary N) is 1. The van der Waals surface area contributed by atoms with Gasteiger partial charge in [-0.25, -0.2) is 4.98 Å². The highest BCUT2D eigenvalue weighted by Crippen LogP contribution is 2.59. The highest BCUT2D eigenvalue weighted by Gasteiger charge is 2.64. The number of rotatable bonds is 8. The Morgan fingerprint density at radius 1 is 1.05 bits per heavy atom. The second kappa shape index (κ2) is 10.3. The van der Waals surface area contributed by atoms with Gasteiger partial charge in [0.15, 0.2) is 0 Å². The van der Waals surface area contributed by atoms with Gasteiger partial charge in [0.05, 0.1) is 17.8 Å². The number of thiophene rings is 1. The molecule has 1 saturated carbocycles. The number of nitrogens with one attached hydrogen (secondary N) is 2. The summed E-state index contributed by atoms with van der Waals surface area (Å²) in [5.41, 5.74) is 6.32. The number of likely N-dealkylation sites (tertiary alicyclic amines) is 1. The van der Waals surface area contributed by atoms with Crippen LogP contribution < -0.4 is 21.1 Å². The molecular formula is C30H29N5O4S. The maximum atomic E-state index is 13.3. The van der Waals surface area contributed by atoms with Crippen molar-refractivity contribution in [3.63, 3.8) is 0 Å². The van der Waals surface area contributed by atoms with Crippen LogP contribution in [0.2, 0.25) is 0 Å². The molecule has 2 aromatic carbocycles. The second-order valence-electron chi connectivity index (χ2n) is 10.6. The van der Waals surface area contributed by atoms with E-state index in [1.54, 1.807) is 35.4 Å². The second-order valence-corrected chi connectivity index (χ2v) is 11.7. The first-order valence-electron chi connectivity index (χ1n) is 13.1. The molecule has 4 aromatic rings. The summed E-state index contributed by atoms with van der Waals surface area (Å²) in [5, 5.41) is 6.70. The number of nitrogens with zero attached hydrogens (tertiary/aromatic N) is 2. The first-order valence-corrected chi connectivity index (χ1v) is 14.0. The Balaban J connectivity index is 1.05. The van der Waals surface area contributed by atoms with Gasteiger partial charge in [-0.2, -0.15) is 0 Å². The predicted octanol–water partition coefficient (Wildman–Crippen LogP) is 4.10. The van der Waals surface area contributed by atoms with Crippen LogP contribution in [0.15, 0.2) is 72.9 Å². The van der Waals surface area contributed by atoms with Gasteiger partial charge >= 0.3 is 0 Å². The molecular weight excluding hydrogens is 526 g/mol. The maximum Gasteiger partial charge on any atom is 0.251 e. The lowest BCUT2D eigenvalue weighted by molar-refractivity contribution is -0.139. The van der Waals surface area contributed by atoms with E-state index in [4.69, 9.17) is 10.5 Å². The molecule has 9 nitrogen and oxygen atoms in total. The first-order chi connectivity index (χ1) is 19.3. The molecule has 204 valence electrons. The van der Waals surface area contributed by atoms with Crippen molar-refractivity contribution in [3.05, 3.63) is 83.4 Å². The molecule has 10 heteroatoms. The van der Waals surface area contributed by atoms with Crippen LogP contribution in [0.25, 0.3) is 10.1 Å². The number of fused-ring (bicyclic) bond motifs is 2.